The van der Waals surface area contributed by atoms with Crippen LogP contribution in [-0.4, -0.2) is 23.0 Å². The van der Waals surface area contributed by atoms with Crippen LogP contribution in [-0.2, 0) is 9.59 Å². The van der Waals surface area contributed by atoms with Crippen LogP contribution in [0.2, 0.25) is 0 Å². The van der Waals surface area contributed by atoms with E-state index in [2.05, 4.69) is 5.32 Å². The predicted molar refractivity (Wildman–Crippen MR) is 79.0 cm³/mol. The van der Waals surface area contributed by atoms with E-state index in [1.165, 1.54) is 48.5 Å². The summed E-state index contributed by atoms with van der Waals surface area (Å²) in [4.78, 5) is 25.5. The third-order valence-electron chi connectivity index (χ3n) is 3.44. The number of hydrogen-bond donors (Lipinski definition) is 2. The average molecular weight is 300 g/mol. The van der Waals surface area contributed by atoms with Crippen molar-refractivity contribution in [2.24, 2.45) is 0 Å². The number of carbonyl (C=O) groups excluding carboxylic acids is 2. The molecule has 1 aliphatic rings. The first-order chi connectivity index (χ1) is 10.5. The number of carbonyl (C=O) groups is 2. The van der Waals surface area contributed by atoms with Crippen molar-refractivity contribution in [2.75, 3.05) is 10.2 Å². The minimum absolute atomic E-state index is 0.0249. The van der Waals surface area contributed by atoms with Crippen LogP contribution in [0.1, 0.15) is 6.42 Å². The van der Waals surface area contributed by atoms with E-state index in [4.69, 9.17) is 0 Å². The molecule has 2 amide bonds. The minimum Gasteiger partial charge on any atom is -0.508 e. The minimum atomic E-state index is -0.688. The Morgan fingerprint density at radius 3 is 2.32 bits per heavy atom. The molecule has 0 aliphatic carbocycles. The standard InChI is InChI=1S/C16H13FN2O3/c17-10-1-3-11(4-2-10)18-14-9-15(21)19(16(14)22)12-5-7-13(20)8-6-12/h1-8,14,18,20H,9H2/t14-/m0/s1. The van der Waals surface area contributed by atoms with Crippen LogP contribution in [0.15, 0.2) is 48.5 Å². The average Bonchev–Trinajstić information content (AvgIpc) is 2.77. The van der Waals surface area contributed by atoms with Gasteiger partial charge in [0.1, 0.15) is 17.6 Å². The second-order valence-electron chi connectivity index (χ2n) is 4.99. The quantitative estimate of drug-likeness (QED) is 0.853. The Balaban J connectivity index is 1.79. The van der Waals surface area contributed by atoms with Gasteiger partial charge in [0.25, 0.3) is 5.91 Å². The number of anilines is 2. The lowest BCUT2D eigenvalue weighted by Gasteiger charge is -2.16. The molecule has 1 aliphatic heterocycles. The highest BCUT2D eigenvalue weighted by Gasteiger charge is 2.39. The SMILES string of the molecule is O=C1C[C@H](Nc2ccc(F)cc2)C(=O)N1c1ccc(O)cc1. The summed E-state index contributed by atoms with van der Waals surface area (Å²) in [7, 11) is 0. The summed E-state index contributed by atoms with van der Waals surface area (Å²) in [5.41, 5.74) is 0.983. The number of halogens is 1. The van der Waals surface area contributed by atoms with Crippen LogP contribution in [0.25, 0.3) is 0 Å². The van der Waals surface area contributed by atoms with Gasteiger partial charge in [0.15, 0.2) is 0 Å². The van der Waals surface area contributed by atoms with Crippen molar-refractivity contribution in [3.63, 3.8) is 0 Å². The van der Waals surface area contributed by atoms with Crippen molar-refractivity contribution in [3.8, 4) is 5.75 Å². The zero-order chi connectivity index (χ0) is 15.7. The smallest absolute Gasteiger partial charge is 0.256 e. The maximum atomic E-state index is 12.9. The van der Waals surface area contributed by atoms with E-state index in [9.17, 15) is 19.1 Å². The third kappa shape index (κ3) is 2.63. The lowest BCUT2D eigenvalue weighted by molar-refractivity contribution is -0.121. The van der Waals surface area contributed by atoms with Crippen molar-refractivity contribution >= 4 is 23.2 Å². The van der Waals surface area contributed by atoms with Crippen molar-refractivity contribution in [1.29, 1.82) is 0 Å². The maximum Gasteiger partial charge on any atom is 0.256 e. The molecule has 0 saturated carbocycles. The van der Waals surface area contributed by atoms with E-state index in [1.54, 1.807) is 0 Å². The zero-order valence-corrected chi connectivity index (χ0v) is 11.5. The van der Waals surface area contributed by atoms with E-state index in [0.29, 0.717) is 11.4 Å². The Morgan fingerprint density at radius 2 is 1.68 bits per heavy atom. The number of phenolic OH excluding ortho intramolecular Hbond substituents is 1. The van der Waals surface area contributed by atoms with Gasteiger partial charge in [0.2, 0.25) is 5.91 Å². The third-order valence-corrected chi connectivity index (χ3v) is 3.44. The normalized spacial score (nSPS) is 17.9. The highest BCUT2D eigenvalue weighted by atomic mass is 19.1. The number of nitrogens with one attached hydrogen (secondary N) is 1. The van der Waals surface area contributed by atoms with Gasteiger partial charge in [-0.1, -0.05) is 0 Å². The van der Waals surface area contributed by atoms with Crippen LogP contribution in [0.3, 0.4) is 0 Å². The van der Waals surface area contributed by atoms with Gasteiger partial charge >= 0.3 is 0 Å². The van der Waals surface area contributed by atoms with E-state index < -0.39 is 6.04 Å². The highest BCUT2D eigenvalue weighted by Crippen LogP contribution is 2.26. The predicted octanol–water partition coefficient (Wildman–Crippen LogP) is 2.28. The van der Waals surface area contributed by atoms with Crippen LogP contribution in [0, 0.1) is 5.82 Å². The number of aromatic hydroxyl groups is 1. The number of amides is 2. The summed E-state index contributed by atoms with van der Waals surface area (Å²) >= 11 is 0. The fraction of sp³-hybridized carbons (Fsp3) is 0.125. The Labute approximate surface area is 126 Å². The molecule has 0 aromatic heterocycles. The van der Waals surface area contributed by atoms with E-state index in [1.807, 2.05) is 0 Å². The summed E-state index contributed by atoms with van der Waals surface area (Å²) in [5, 5.41) is 12.2. The molecule has 2 aromatic rings. The molecule has 22 heavy (non-hydrogen) atoms. The summed E-state index contributed by atoms with van der Waals surface area (Å²) in [6.07, 6.45) is 0.0249. The molecule has 1 atom stereocenters. The summed E-state index contributed by atoms with van der Waals surface area (Å²) in [6, 6.07) is 10.7. The van der Waals surface area contributed by atoms with Crippen molar-refractivity contribution < 1.29 is 19.1 Å². The van der Waals surface area contributed by atoms with Gasteiger partial charge < -0.3 is 10.4 Å². The van der Waals surface area contributed by atoms with Crippen molar-refractivity contribution in [3.05, 3.63) is 54.3 Å². The molecule has 3 rings (SSSR count). The molecule has 1 heterocycles. The number of phenols is 1. The molecule has 6 heteroatoms. The number of rotatable bonds is 3. The highest BCUT2D eigenvalue weighted by molar-refractivity contribution is 6.23. The Morgan fingerprint density at radius 1 is 1.05 bits per heavy atom. The van der Waals surface area contributed by atoms with Gasteiger partial charge in [-0.2, -0.15) is 0 Å². The first kappa shape index (κ1) is 14.1. The molecule has 0 bridgehead atoms. The fourth-order valence-corrected chi connectivity index (χ4v) is 2.36. The molecule has 1 saturated heterocycles. The second-order valence-corrected chi connectivity index (χ2v) is 4.99. The number of hydrogen-bond acceptors (Lipinski definition) is 4. The molecule has 1 fully saturated rings. The Kier molecular flexibility index (Phi) is 3.50. The largest absolute Gasteiger partial charge is 0.508 e. The zero-order valence-electron chi connectivity index (χ0n) is 11.5. The maximum absolute atomic E-state index is 12.9. The Hall–Kier alpha value is -2.89. The van der Waals surface area contributed by atoms with Gasteiger partial charge in [-0.15, -0.1) is 0 Å². The summed E-state index contributed by atoms with van der Waals surface area (Å²) in [6.45, 7) is 0. The van der Waals surface area contributed by atoms with Crippen LogP contribution in [0.5, 0.6) is 5.75 Å². The topological polar surface area (TPSA) is 69.6 Å². The molecule has 0 unspecified atom stereocenters. The van der Waals surface area contributed by atoms with Gasteiger partial charge in [-0.25, -0.2) is 9.29 Å². The molecular formula is C16H13FN2O3. The van der Waals surface area contributed by atoms with Gasteiger partial charge in [-0.3, -0.25) is 9.59 Å². The number of benzene rings is 2. The molecule has 2 N–H and O–H groups in total. The van der Waals surface area contributed by atoms with Gasteiger partial charge in [0.05, 0.1) is 12.1 Å². The second kappa shape index (κ2) is 5.48. The first-order valence-corrected chi connectivity index (χ1v) is 6.72. The fourth-order valence-electron chi connectivity index (χ4n) is 2.36. The molecule has 2 aromatic carbocycles. The molecule has 112 valence electrons. The summed E-state index contributed by atoms with van der Waals surface area (Å²) < 4.78 is 12.9. The molecule has 0 spiro atoms. The van der Waals surface area contributed by atoms with Crippen LogP contribution >= 0.6 is 0 Å². The van der Waals surface area contributed by atoms with Gasteiger partial charge in [0, 0.05) is 5.69 Å². The lowest BCUT2D eigenvalue weighted by atomic mass is 10.2. The number of imide groups is 1. The van der Waals surface area contributed by atoms with Crippen molar-refractivity contribution in [2.45, 2.75) is 12.5 Å². The van der Waals surface area contributed by atoms with E-state index in [-0.39, 0.29) is 29.8 Å². The molecular weight excluding hydrogens is 287 g/mol. The van der Waals surface area contributed by atoms with E-state index in [0.717, 1.165) is 4.90 Å². The van der Waals surface area contributed by atoms with Crippen molar-refractivity contribution in [1.82, 2.24) is 0 Å². The van der Waals surface area contributed by atoms with E-state index >= 15 is 0 Å². The molecule has 5 nitrogen and oxygen atoms in total. The van der Waals surface area contributed by atoms with Crippen LogP contribution < -0.4 is 10.2 Å². The number of nitrogens with zero attached hydrogens (tertiary/aromatic N) is 1. The summed E-state index contributed by atoms with van der Waals surface area (Å²) in [5.74, 6) is -1.01. The van der Waals surface area contributed by atoms with Gasteiger partial charge in [-0.05, 0) is 48.5 Å². The first-order valence-electron chi connectivity index (χ1n) is 6.72. The van der Waals surface area contributed by atoms with Crippen LogP contribution in [0.4, 0.5) is 15.8 Å². The Bertz CT molecular complexity index is 713. The lowest BCUT2D eigenvalue weighted by Crippen LogP contribution is -2.34. The molecule has 0 radical (unpaired) electrons. The monoisotopic (exact) mass is 300 g/mol.